The summed E-state index contributed by atoms with van der Waals surface area (Å²) >= 11 is 3.73. The third kappa shape index (κ3) is 6.60. The van der Waals surface area contributed by atoms with Crippen molar-refractivity contribution < 1.29 is 0 Å². The summed E-state index contributed by atoms with van der Waals surface area (Å²) in [5.74, 6) is 1.06. The highest BCUT2D eigenvalue weighted by Crippen LogP contribution is 2.31. The summed E-state index contributed by atoms with van der Waals surface area (Å²) in [5.41, 5.74) is 0. The van der Waals surface area contributed by atoms with Gasteiger partial charge in [-0.1, -0.05) is 67.8 Å². The number of rotatable bonds is 7. The van der Waals surface area contributed by atoms with Crippen LogP contribution in [0, 0.1) is 5.92 Å². The van der Waals surface area contributed by atoms with Crippen LogP contribution in [-0.2, 0) is 0 Å². The Morgan fingerprint density at radius 2 is 1.47 bits per heavy atom. The summed E-state index contributed by atoms with van der Waals surface area (Å²) < 4.78 is 0. The lowest BCUT2D eigenvalue weighted by molar-refractivity contribution is 0.335. The fourth-order valence-electron chi connectivity index (χ4n) is 2.62. The number of hydrogen-bond acceptors (Lipinski definition) is 0. The lowest BCUT2D eigenvalue weighted by Gasteiger charge is -2.25. The monoisotopic (exact) mass is 274 g/mol. The molecule has 0 aromatic heterocycles. The smallest absolute Gasteiger partial charge is 0.0146 e. The molecule has 0 spiro atoms. The first-order valence-corrected chi connectivity index (χ1v) is 7.88. The van der Waals surface area contributed by atoms with E-state index in [1.54, 1.807) is 0 Å². The molecule has 0 saturated heterocycles. The largest absolute Gasteiger partial charge is 0.0891 e. The molecular weight excluding hydrogens is 248 g/mol. The normalized spacial score (nSPS) is 26.8. The molecule has 90 valence electrons. The molecule has 0 amide bonds. The standard InChI is InChI=1S/C14H27Br/c1-2-3-4-5-6-7-8-13-9-11-14(15)12-10-13/h13-14H,2-12H2,1H3. The van der Waals surface area contributed by atoms with Gasteiger partial charge >= 0.3 is 0 Å². The van der Waals surface area contributed by atoms with E-state index in [-0.39, 0.29) is 0 Å². The van der Waals surface area contributed by atoms with Gasteiger partial charge in [-0.2, -0.15) is 0 Å². The summed E-state index contributed by atoms with van der Waals surface area (Å²) in [4.78, 5) is 0.832. The first-order valence-electron chi connectivity index (χ1n) is 6.97. The Kier molecular flexibility index (Phi) is 7.78. The van der Waals surface area contributed by atoms with Crippen molar-refractivity contribution in [1.29, 1.82) is 0 Å². The van der Waals surface area contributed by atoms with Gasteiger partial charge in [-0.15, -0.1) is 0 Å². The fraction of sp³-hybridized carbons (Fsp3) is 1.00. The molecule has 0 unspecified atom stereocenters. The van der Waals surface area contributed by atoms with Crippen molar-refractivity contribution in [2.75, 3.05) is 0 Å². The summed E-state index contributed by atoms with van der Waals surface area (Å²) in [7, 11) is 0. The fourth-order valence-corrected chi connectivity index (χ4v) is 3.15. The average Bonchev–Trinajstić information content (AvgIpc) is 2.26. The van der Waals surface area contributed by atoms with Gasteiger partial charge in [-0.05, 0) is 31.6 Å². The Hall–Kier alpha value is 0.480. The van der Waals surface area contributed by atoms with E-state index in [1.165, 1.54) is 70.6 Å². The van der Waals surface area contributed by atoms with E-state index >= 15 is 0 Å². The second-order valence-electron chi connectivity index (χ2n) is 5.17. The molecular formula is C14H27Br. The molecule has 1 heteroatoms. The second-order valence-corrected chi connectivity index (χ2v) is 6.47. The van der Waals surface area contributed by atoms with Crippen LogP contribution in [0.5, 0.6) is 0 Å². The van der Waals surface area contributed by atoms with Gasteiger partial charge in [0.1, 0.15) is 0 Å². The van der Waals surface area contributed by atoms with Gasteiger partial charge in [-0.3, -0.25) is 0 Å². The van der Waals surface area contributed by atoms with Crippen LogP contribution in [0.25, 0.3) is 0 Å². The molecule has 0 atom stereocenters. The van der Waals surface area contributed by atoms with Crippen LogP contribution in [0.3, 0.4) is 0 Å². The molecule has 1 fully saturated rings. The lowest BCUT2D eigenvalue weighted by Crippen LogP contribution is -2.13. The molecule has 0 radical (unpaired) electrons. The van der Waals surface area contributed by atoms with Crippen molar-refractivity contribution in [3.05, 3.63) is 0 Å². The Labute approximate surface area is 104 Å². The zero-order valence-electron chi connectivity index (χ0n) is 10.3. The molecule has 1 rings (SSSR count). The minimum Gasteiger partial charge on any atom is -0.0891 e. The zero-order valence-corrected chi connectivity index (χ0v) is 11.9. The van der Waals surface area contributed by atoms with Crippen molar-refractivity contribution in [2.45, 2.75) is 82.4 Å². The molecule has 1 aliphatic carbocycles. The topological polar surface area (TPSA) is 0 Å². The number of unbranched alkanes of at least 4 members (excludes halogenated alkanes) is 5. The first-order chi connectivity index (χ1) is 7.33. The molecule has 1 saturated carbocycles. The SMILES string of the molecule is CCCCCCCCC1CCC(Br)CC1. The highest BCUT2D eigenvalue weighted by Gasteiger charge is 2.18. The average molecular weight is 275 g/mol. The summed E-state index contributed by atoms with van der Waals surface area (Å²) in [6, 6.07) is 0. The van der Waals surface area contributed by atoms with Crippen LogP contribution in [0.4, 0.5) is 0 Å². The lowest BCUT2D eigenvalue weighted by atomic mass is 9.85. The number of alkyl halides is 1. The molecule has 0 N–H and O–H groups in total. The van der Waals surface area contributed by atoms with Crippen molar-refractivity contribution in [3.63, 3.8) is 0 Å². The minimum absolute atomic E-state index is 0.832. The minimum atomic E-state index is 0.832. The Morgan fingerprint density at radius 1 is 0.867 bits per heavy atom. The van der Waals surface area contributed by atoms with E-state index in [9.17, 15) is 0 Å². The van der Waals surface area contributed by atoms with E-state index < -0.39 is 0 Å². The predicted octanol–water partition coefficient (Wildman–Crippen LogP) is 5.69. The van der Waals surface area contributed by atoms with Crippen LogP contribution in [0.1, 0.15) is 77.6 Å². The highest BCUT2D eigenvalue weighted by atomic mass is 79.9. The van der Waals surface area contributed by atoms with E-state index in [4.69, 9.17) is 0 Å². The molecule has 0 aromatic rings. The number of hydrogen-bond donors (Lipinski definition) is 0. The highest BCUT2D eigenvalue weighted by molar-refractivity contribution is 9.09. The summed E-state index contributed by atoms with van der Waals surface area (Å²) in [5, 5.41) is 0. The molecule has 0 aromatic carbocycles. The Balaban J connectivity index is 1.87. The molecule has 0 heterocycles. The van der Waals surface area contributed by atoms with Crippen LogP contribution >= 0.6 is 15.9 Å². The predicted molar refractivity (Wildman–Crippen MR) is 72.7 cm³/mol. The van der Waals surface area contributed by atoms with Crippen LogP contribution in [0.15, 0.2) is 0 Å². The van der Waals surface area contributed by atoms with Gasteiger partial charge < -0.3 is 0 Å². The third-order valence-corrected chi connectivity index (χ3v) is 4.66. The maximum Gasteiger partial charge on any atom is 0.0146 e. The van der Waals surface area contributed by atoms with E-state index in [0.29, 0.717) is 0 Å². The van der Waals surface area contributed by atoms with Gasteiger partial charge in [0.25, 0.3) is 0 Å². The van der Waals surface area contributed by atoms with Crippen LogP contribution in [-0.4, -0.2) is 4.83 Å². The van der Waals surface area contributed by atoms with E-state index in [0.717, 1.165) is 10.7 Å². The molecule has 15 heavy (non-hydrogen) atoms. The van der Waals surface area contributed by atoms with Gasteiger partial charge in [-0.25, -0.2) is 0 Å². The van der Waals surface area contributed by atoms with Crippen molar-refractivity contribution in [3.8, 4) is 0 Å². The van der Waals surface area contributed by atoms with Crippen LogP contribution < -0.4 is 0 Å². The molecule has 0 bridgehead atoms. The van der Waals surface area contributed by atoms with Crippen molar-refractivity contribution >= 4 is 15.9 Å². The maximum absolute atomic E-state index is 3.73. The molecule has 0 nitrogen and oxygen atoms in total. The Bertz CT molecular complexity index is 136. The summed E-state index contributed by atoms with van der Waals surface area (Å²) in [6.07, 6.45) is 16.0. The first kappa shape index (κ1) is 13.5. The third-order valence-electron chi connectivity index (χ3n) is 3.74. The van der Waals surface area contributed by atoms with Gasteiger partial charge in [0.05, 0.1) is 0 Å². The van der Waals surface area contributed by atoms with E-state index in [1.807, 2.05) is 0 Å². The quantitative estimate of drug-likeness (QED) is 0.413. The molecule has 1 aliphatic rings. The zero-order chi connectivity index (χ0) is 10.9. The molecule has 0 aliphatic heterocycles. The van der Waals surface area contributed by atoms with Crippen molar-refractivity contribution in [1.82, 2.24) is 0 Å². The van der Waals surface area contributed by atoms with Gasteiger partial charge in [0, 0.05) is 4.83 Å². The van der Waals surface area contributed by atoms with Crippen molar-refractivity contribution in [2.24, 2.45) is 5.92 Å². The second kappa shape index (κ2) is 8.61. The van der Waals surface area contributed by atoms with Crippen LogP contribution in [0.2, 0.25) is 0 Å². The Morgan fingerprint density at radius 3 is 2.13 bits per heavy atom. The van der Waals surface area contributed by atoms with Gasteiger partial charge in [0.15, 0.2) is 0 Å². The van der Waals surface area contributed by atoms with Gasteiger partial charge in [0.2, 0.25) is 0 Å². The van der Waals surface area contributed by atoms with E-state index in [2.05, 4.69) is 22.9 Å². The summed E-state index contributed by atoms with van der Waals surface area (Å²) in [6.45, 7) is 2.29. The number of halogens is 1. The maximum atomic E-state index is 3.73.